The molecule has 3 aromatic carbocycles. The lowest BCUT2D eigenvalue weighted by molar-refractivity contribution is -0.131. The molecule has 0 radical (unpaired) electrons. The van der Waals surface area contributed by atoms with E-state index in [2.05, 4.69) is 10.4 Å². The highest BCUT2D eigenvalue weighted by Crippen LogP contribution is 2.22. The number of hydrogen-bond donors (Lipinski definition) is 2. The zero-order valence-corrected chi connectivity index (χ0v) is 16.7. The molecule has 4 rings (SSSR count). The predicted molar refractivity (Wildman–Crippen MR) is 121 cm³/mol. The molecule has 0 bridgehead atoms. The Morgan fingerprint density at radius 3 is 2.55 bits per heavy atom. The van der Waals surface area contributed by atoms with Crippen molar-refractivity contribution in [1.29, 1.82) is 0 Å². The molecule has 0 aliphatic heterocycles. The van der Waals surface area contributed by atoms with E-state index in [4.69, 9.17) is 5.11 Å². The first-order valence-corrected chi connectivity index (χ1v) is 9.86. The van der Waals surface area contributed by atoms with Crippen LogP contribution in [0.4, 0.5) is 5.69 Å². The standard InChI is InChI=1S/C25H21N3O3/c29-24(16-18-6-8-20-4-1-2-5-22(20)14-18)27-23-15-19(17-28-13-3-12-26-28)7-9-21(23)10-11-25(30)31/h1-15H,16-17H2,(H,27,29)(H,30,31)/b11-10+. The number of benzene rings is 3. The molecule has 0 atom stereocenters. The molecular weight excluding hydrogens is 390 g/mol. The van der Waals surface area contributed by atoms with E-state index in [1.54, 1.807) is 16.9 Å². The third-order valence-corrected chi connectivity index (χ3v) is 4.88. The van der Waals surface area contributed by atoms with Crippen LogP contribution in [-0.2, 0) is 22.6 Å². The second kappa shape index (κ2) is 9.09. The topological polar surface area (TPSA) is 84.2 Å². The monoisotopic (exact) mass is 411 g/mol. The van der Waals surface area contributed by atoms with Crippen LogP contribution in [-0.4, -0.2) is 26.8 Å². The number of aromatic nitrogens is 2. The molecule has 0 unspecified atom stereocenters. The number of rotatable bonds is 7. The lowest BCUT2D eigenvalue weighted by Gasteiger charge is -2.12. The van der Waals surface area contributed by atoms with Gasteiger partial charge in [0.05, 0.1) is 13.0 Å². The number of nitrogens with one attached hydrogen (secondary N) is 1. The minimum atomic E-state index is -1.05. The molecule has 154 valence electrons. The Balaban J connectivity index is 1.55. The van der Waals surface area contributed by atoms with Gasteiger partial charge in [-0.3, -0.25) is 9.48 Å². The number of carbonyl (C=O) groups excluding carboxylic acids is 1. The van der Waals surface area contributed by atoms with Gasteiger partial charge in [-0.25, -0.2) is 4.79 Å². The largest absolute Gasteiger partial charge is 0.478 e. The van der Waals surface area contributed by atoms with Crippen LogP contribution in [0.2, 0.25) is 0 Å². The van der Waals surface area contributed by atoms with Crippen LogP contribution in [0.1, 0.15) is 16.7 Å². The highest BCUT2D eigenvalue weighted by molar-refractivity contribution is 5.96. The molecule has 4 aromatic rings. The maximum atomic E-state index is 12.8. The minimum absolute atomic E-state index is 0.170. The van der Waals surface area contributed by atoms with Gasteiger partial charge in [0, 0.05) is 24.2 Å². The average Bonchev–Trinajstić information content (AvgIpc) is 3.26. The fourth-order valence-electron chi connectivity index (χ4n) is 3.43. The van der Waals surface area contributed by atoms with Crippen LogP contribution in [0.25, 0.3) is 16.8 Å². The van der Waals surface area contributed by atoms with Crippen molar-refractivity contribution >= 4 is 34.4 Å². The van der Waals surface area contributed by atoms with Crippen molar-refractivity contribution in [2.45, 2.75) is 13.0 Å². The molecule has 31 heavy (non-hydrogen) atoms. The maximum absolute atomic E-state index is 12.8. The first kappa shape index (κ1) is 20.1. The molecule has 0 saturated carbocycles. The Morgan fingerprint density at radius 2 is 1.77 bits per heavy atom. The van der Waals surface area contributed by atoms with Crippen LogP contribution in [0, 0.1) is 0 Å². The fourth-order valence-corrected chi connectivity index (χ4v) is 3.43. The molecule has 0 aliphatic rings. The van der Waals surface area contributed by atoms with Crippen molar-refractivity contribution in [1.82, 2.24) is 9.78 Å². The Morgan fingerprint density at radius 1 is 0.968 bits per heavy atom. The molecule has 0 saturated heterocycles. The smallest absolute Gasteiger partial charge is 0.328 e. The zero-order chi connectivity index (χ0) is 21.6. The van der Waals surface area contributed by atoms with E-state index in [0.29, 0.717) is 17.8 Å². The second-order valence-corrected chi connectivity index (χ2v) is 7.20. The van der Waals surface area contributed by atoms with E-state index >= 15 is 0 Å². The Kier molecular flexibility index (Phi) is 5.89. The van der Waals surface area contributed by atoms with Crippen molar-refractivity contribution in [3.63, 3.8) is 0 Å². The van der Waals surface area contributed by atoms with Crippen molar-refractivity contribution in [2.75, 3.05) is 5.32 Å². The highest BCUT2D eigenvalue weighted by atomic mass is 16.4. The number of aliphatic carboxylic acids is 1. The number of carboxylic acids is 1. The number of fused-ring (bicyclic) bond motifs is 1. The summed E-state index contributed by atoms with van der Waals surface area (Å²) in [4.78, 5) is 23.7. The lowest BCUT2D eigenvalue weighted by Crippen LogP contribution is -2.15. The maximum Gasteiger partial charge on any atom is 0.328 e. The van der Waals surface area contributed by atoms with Crippen LogP contribution in [0.5, 0.6) is 0 Å². The number of amides is 1. The van der Waals surface area contributed by atoms with E-state index in [-0.39, 0.29) is 12.3 Å². The number of carbonyl (C=O) groups is 2. The zero-order valence-electron chi connectivity index (χ0n) is 16.7. The first-order valence-electron chi connectivity index (χ1n) is 9.86. The predicted octanol–water partition coefficient (Wildman–Crippen LogP) is 4.36. The summed E-state index contributed by atoms with van der Waals surface area (Å²) in [6, 6.07) is 21.3. The van der Waals surface area contributed by atoms with Gasteiger partial charge in [-0.15, -0.1) is 0 Å². The molecule has 2 N–H and O–H groups in total. The number of nitrogens with zero attached hydrogens (tertiary/aromatic N) is 2. The number of anilines is 1. The molecule has 1 amide bonds. The highest BCUT2D eigenvalue weighted by Gasteiger charge is 2.09. The van der Waals surface area contributed by atoms with Gasteiger partial charge in [0.15, 0.2) is 0 Å². The third kappa shape index (κ3) is 5.25. The molecule has 1 heterocycles. The van der Waals surface area contributed by atoms with E-state index in [1.807, 2.05) is 66.9 Å². The Hall–Kier alpha value is -4.19. The molecule has 6 heteroatoms. The normalized spacial score (nSPS) is 11.1. The van der Waals surface area contributed by atoms with E-state index in [1.165, 1.54) is 6.08 Å². The Labute approximate surface area is 179 Å². The number of carboxylic acid groups (broad SMARTS) is 1. The molecule has 1 aromatic heterocycles. The van der Waals surface area contributed by atoms with Crippen LogP contribution in [0.3, 0.4) is 0 Å². The van der Waals surface area contributed by atoms with E-state index in [9.17, 15) is 9.59 Å². The van der Waals surface area contributed by atoms with E-state index < -0.39 is 5.97 Å². The van der Waals surface area contributed by atoms with Gasteiger partial charge in [0.2, 0.25) is 5.91 Å². The molecule has 6 nitrogen and oxygen atoms in total. The third-order valence-electron chi connectivity index (χ3n) is 4.88. The fraction of sp³-hybridized carbons (Fsp3) is 0.0800. The van der Waals surface area contributed by atoms with Gasteiger partial charge in [-0.2, -0.15) is 5.10 Å². The van der Waals surface area contributed by atoms with Gasteiger partial charge >= 0.3 is 5.97 Å². The van der Waals surface area contributed by atoms with Crippen molar-refractivity contribution in [3.05, 3.63) is 102 Å². The van der Waals surface area contributed by atoms with Gasteiger partial charge < -0.3 is 10.4 Å². The summed E-state index contributed by atoms with van der Waals surface area (Å²) < 4.78 is 1.78. The van der Waals surface area contributed by atoms with E-state index in [0.717, 1.165) is 28.0 Å². The lowest BCUT2D eigenvalue weighted by atomic mass is 10.0. The van der Waals surface area contributed by atoms with Gasteiger partial charge in [-0.1, -0.05) is 54.6 Å². The first-order chi connectivity index (χ1) is 15.1. The van der Waals surface area contributed by atoms with Crippen molar-refractivity contribution in [3.8, 4) is 0 Å². The summed E-state index contributed by atoms with van der Waals surface area (Å²) in [6.07, 6.45) is 6.32. The Bertz CT molecular complexity index is 1260. The van der Waals surface area contributed by atoms with Gasteiger partial charge in [0.25, 0.3) is 0 Å². The van der Waals surface area contributed by atoms with Gasteiger partial charge in [-0.05, 0) is 45.7 Å². The van der Waals surface area contributed by atoms with Crippen molar-refractivity contribution < 1.29 is 14.7 Å². The second-order valence-electron chi connectivity index (χ2n) is 7.20. The summed E-state index contributed by atoms with van der Waals surface area (Å²) in [7, 11) is 0. The summed E-state index contributed by atoms with van der Waals surface area (Å²) in [5, 5.41) is 18.3. The summed E-state index contributed by atoms with van der Waals surface area (Å²) in [5.74, 6) is -1.22. The minimum Gasteiger partial charge on any atom is -0.478 e. The van der Waals surface area contributed by atoms with Gasteiger partial charge in [0.1, 0.15) is 0 Å². The van der Waals surface area contributed by atoms with Crippen molar-refractivity contribution in [2.24, 2.45) is 0 Å². The summed E-state index contributed by atoms with van der Waals surface area (Å²) in [6.45, 7) is 0.545. The quantitative estimate of drug-likeness (QED) is 0.443. The molecular formula is C25H21N3O3. The average molecular weight is 411 g/mol. The summed E-state index contributed by atoms with van der Waals surface area (Å²) in [5.41, 5.74) is 3.04. The summed E-state index contributed by atoms with van der Waals surface area (Å²) >= 11 is 0. The van der Waals surface area contributed by atoms with Crippen LogP contribution >= 0.6 is 0 Å². The molecule has 0 aliphatic carbocycles. The number of hydrogen-bond acceptors (Lipinski definition) is 3. The van der Waals surface area contributed by atoms with Crippen LogP contribution < -0.4 is 5.32 Å². The molecule has 0 spiro atoms. The molecule has 0 fully saturated rings. The van der Waals surface area contributed by atoms with Crippen LogP contribution in [0.15, 0.2) is 85.2 Å². The SMILES string of the molecule is O=C(O)/C=C/c1ccc(Cn2cccn2)cc1NC(=O)Cc1ccc2ccccc2c1.